The molecule has 6 aromatic rings. The number of nitrogens with zero attached hydrogens (tertiary/aromatic N) is 4. The first-order valence-corrected chi connectivity index (χ1v) is 33.4. The summed E-state index contributed by atoms with van der Waals surface area (Å²) in [5.41, 5.74) is 9.95. The quantitative estimate of drug-likeness (QED) is 0.0518. The van der Waals surface area contributed by atoms with Crippen LogP contribution in [0.15, 0.2) is 91.4 Å². The first-order valence-electron chi connectivity index (χ1n) is 33.4. The zero-order chi connectivity index (χ0) is 68.6. The molecule has 3 aromatic heterocycles. The number of piperidine rings is 1. The highest BCUT2D eigenvalue weighted by atomic mass is 16.5. The predicted octanol–water partition coefficient (Wildman–Crippen LogP) is 12.7. The lowest BCUT2D eigenvalue weighted by molar-refractivity contribution is -0.136. The first-order chi connectivity index (χ1) is 45.8. The zero-order valence-corrected chi connectivity index (χ0v) is 56.3. The Morgan fingerprint density at radius 1 is 0.542 bits per heavy atom. The van der Waals surface area contributed by atoms with Crippen LogP contribution in [0.2, 0.25) is 0 Å². The number of amides is 4. The van der Waals surface area contributed by atoms with Crippen molar-refractivity contribution in [2.75, 3.05) is 42.3 Å². The number of aromatic nitrogens is 6. The van der Waals surface area contributed by atoms with Crippen molar-refractivity contribution in [1.82, 2.24) is 34.8 Å². The number of nitrogens with one attached hydrogen (secondary N) is 6. The molecule has 4 amide bonds. The van der Waals surface area contributed by atoms with Gasteiger partial charge in [-0.3, -0.25) is 19.2 Å². The number of benzene rings is 3. The van der Waals surface area contributed by atoms with Crippen molar-refractivity contribution in [3.8, 4) is 37.0 Å². The summed E-state index contributed by atoms with van der Waals surface area (Å²) in [4.78, 5) is 72.6. The molecular formula is C77H90N10O9. The number of H-pyrrole nitrogens is 3. The lowest BCUT2D eigenvalue weighted by Crippen LogP contribution is -2.44. The van der Waals surface area contributed by atoms with Crippen LogP contribution in [0.1, 0.15) is 234 Å². The molecule has 3 atom stereocenters. The summed E-state index contributed by atoms with van der Waals surface area (Å²) >= 11 is 0. The van der Waals surface area contributed by atoms with E-state index in [9.17, 15) is 34.5 Å². The van der Waals surface area contributed by atoms with Crippen LogP contribution in [0, 0.1) is 47.9 Å². The van der Waals surface area contributed by atoms with E-state index in [0.717, 1.165) is 96.7 Å². The molecule has 3 fully saturated rings. The standard InChI is InChI=1S/C27H32N4O3.C27H33N3O3.C23H25N3O3/c1-5-21-17-28-24(29-21)25(33)30-23-7-6-20(27(34)12-14-31(15-13-27)18(2)32)16-22(23)19-8-10-26(3,4)11-9-19;1-6-21-16-28-24(29-21)25(31)30-23-8-7-20(27(32)14-17(2)33-18(3)15-27)13-22(23)19-9-11-26(4,5)12-10-19;1-2-18-15-24-21(25-18)22(27)26-20-9-8-17(23(28)10-12-29-13-11-23)14-19(20)16-6-4-3-5-7-16/h1,6-8,16-17,34H,9-15H2,2-4H3,(H,28,29)(H,30,33);1,7-9,13,16-18,32H,10-12,14-15H2,2-5H3,(H,28,29)(H,30,31);1,6,8-9,14-15,28H,3-5,7,10-13H2,(H,24,25)(H,26,27)/t;17-,18+,27?;. The molecule has 0 radical (unpaired) electrons. The average molecular weight is 1300 g/mol. The summed E-state index contributed by atoms with van der Waals surface area (Å²) in [6.45, 7) is 16.7. The van der Waals surface area contributed by atoms with Crippen LogP contribution in [0.3, 0.4) is 0 Å². The maximum Gasteiger partial charge on any atom is 0.291 e. The Labute approximate surface area is 563 Å². The molecule has 9 N–H and O–H groups in total. The van der Waals surface area contributed by atoms with E-state index in [1.807, 2.05) is 68.4 Å². The van der Waals surface area contributed by atoms with Crippen molar-refractivity contribution in [3.05, 3.63) is 159 Å². The van der Waals surface area contributed by atoms with E-state index in [1.54, 1.807) is 11.8 Å². The van der Waals surface area contributed by atoms with Crippen LogP contribution in [0.4, 0.5) is 17.1 Å². The number of carbonyl (C=O) groups is 4. The maximum absolute atomic E-state index is 12.9. The maximum atomic E-state index is 12.9. The summed E-state index contributed by atoms with van der Waals surface area (Å²) in [6.07, 6.45) is 40.4. The van der Waals surface area contributed by atoms with Crippen LogP contribution >= 0.6 is 0 Å². The van der Waals surface area contributed by atoms with Gasteiger partial charge < -0.3 is 60.6 Å². The van der Waals surface area contributed by atoms with Gasteiger partial charge in [-0.1, -0.05) is 81.9 Å². The molecule has 6 heterocycles. The number of hydrogen-bond acceptors (Lipinski definition) is 12. The van der Waals surface area contributed by atoms with E-state index in [4.69, 9.17) is 28.7 Å². The molecule has 0 saturated carbocycles. The van der Waals surface area contributed by atoms with Crippen molar-refractivity contribution in [1.29, 1.82) is 0 Å². The van der Waals surface area contributed by atoms with Gasteiger partial charge in [-0.15, -0.1) is 19.3 Å². The Bertz CT molecular complexity index is 4090. The molecule has 0 spiro atoms. The molecule has 502 valence electrons. The number of aromatic amines is 3. The normalized spacial score (nSPS) is 21.6. The van der Waals surface area contributed by atoms with Gasteiger partial charge in [0.05, 0.1) is 47.6 Å². The van der Waals surface area contributed by atoms with Gasteiger partial charge in [0.25, 0.3) is 17.7 Å². The topological polar surface area (TPSA) is 273 Å². The molecule has 19 heteroatoms. The third-order valence-corrected chi connectivity index (χ3v) is 19.6. The van der Waals surface area contributed by atoms with Crippen molar-refractivity contribution in [2.24, 2.45) is 10.8 Å². The minimum absolute atomic E-state index is 0.0272. The molecule has 1 unspecified atom stereocenters. The SMILES string of the molecule is C#Cc1cnc(C(=O)Nc2ccc(C3(O)CCN(C(C)=O)CC3)cc2C2=CCC(C)(C)CC2)[nH]1.C#Cc1cnc(C(=O)Nc2ccc(C3(O)CCOCC3)cc2C2=CCCCC2)[nH]1.C#Cc1cnc(C(=O)Nc2ccc(C3(O)C[C@@H](C)O[C@@H](C)C3)cc2C2=CCC(C)(C)CC2)[nH]1. The molecule has 3 aromatic carbocycles. The minimum Gasteiger partial charge on any atom is -0.385 e. The lowest BCUT2D eigenvalue weighted by atomic mass is 9.75. The summed E-state index contributed by atoms with van der Waals surface area (Å²) in [6, 6.07) is 17.3. The number of allylic oxidation sites excluding steroid dienone is 6. The first kappa shape index (κ1) is 69.7. The van der Waals surface area contributed by atoms with E-state index in [1.165, 1.54) is 36.2 Å². The summed E-state index contributed by atoms with van der Waals surface area (Å²) in [5, 5.41) is 43.0. The van der Waals surface area contributed by atoms with Crippen molar-refractivity contribution >= 4 is 57.4 Å². The molecule has 0 bridgehead atoms. The van der Waals surface area contributed by atoms with E-state index >= 15 is 0 Å². The monoisotopic (exact) mass is 1300 g/mol. The fraction of sp³-hybridized carbons (Fsp3) is 0.442. The van der Waals surface area contributed by atoms with Gasteiger partial charge in [0.1, 0.15) is 17.1 Å². The Hall–Kier alpha value is -9.13. The number of hydrogen-bond donors (Lipinski definition) is 9. The molecular weight excluding hydrogens is 1210 g/mol. The molecule has 3 saturated heterocycles. The number of carbonyl (C=O) groups excluding carboxylic acids is 4. The molecule has 6 aliphatic rings. The second-order valence-corrected chi connectivity index (χ2v) is 28.1. The van der Waals surface area contributed by atoms with Crippen molar-refractivity contribution in [3.63, 3.8) is 0 Å². The third kappa shape index (κ3) is 16.7. The number of imidazole rings is 3. The van der Waals surface area contributed by atoms with E-state index in [0.29, 0.717) is 99.0 Å². The summed E-state index contributed by atoms with van der Waals surface area (Å²) in [7, 11) is 0. The second-order valence-electron chi connectivity index (χ2n) is 28.1. The van der Waals surface area contributed by atoms with Gasteiger partial charge in [0, 0.05) is 92.7 Å². The Balaban J connectivity index is 0.000000157. The highest BCUT2D eigenvalue weighted by Crippen LogP contribution is 2.46. The van der Waals surface area contributed by atoms with E-state index < -0.39 is 16.8 Å². The van der Waals surface area contributed by atoms with Gasteiger partial charge in [0.2, 0.25) is 5.91 Å². The molecule has 12 rings (SSSR count). The van der Waals surface area contributed by atoms with Crippen LogP contribution in [-0.4, -0.2) is 112 Å². The fourth-order valence-corrected chi connectivity index (χ4v) is 13.7. The number of aliphatic hydroxyl groups is 3. The van der Waals surface area contributed by atoms with Crippen molar-refractivity contribution in [2.45, 2.75) is 180 Å². The molecule has 96 heavy (non-hydrogen) atoms. The van der Waals surface area contributed by atoms with E-state index in [-0.39, 0.29) is 64.1 Å². The number of rotatable bonds is 12. The minimum atomic E-state index is -1.01. The van der Waals surface area contributed by atoms with Gasteiger partial charge in [-0.25, -0.2) is 15.0 Å². The Morgan fingerprint density at radius 3 is 1.27 bits per heavy atom. The molecule has 3 aliphatic heterocycles. The predicted molar refractivity (Wildman–Crippen MR) is 373 cm³/mol. The largest absolute Gasteiger partial charge is 0.385 e. The van der Waals surface area contributed by atoms with E-state index in [2.05, 4.69) is 110 Å². The average Bonchev–Trinajstić information content (AvgIpc) is 0.867. The second kappa shape index (κ2) is 29.5. The molecule has 19 nitrogen and oxygen atoms in total. The van der Waals surface area contributed by atoms with Gasteiger partial charge in [-0.05, 0) is 172 Å². The van der Waals surface area contributed by atoms with Crippen LogP contribution in [-0.2, 0) is 31.1 Å². The van der Waals surface area contributed by atoms with Gasteiger partial charge in [0.15, 0.2) is 17.5 Å². The Morgan fingerprint density at radius 2 is 0.927 bits per heavy atom. The van der Waals surface area contributed by atoms with Gasteiger partial charge in [-0.2, -0.15) is 0 Å². The summed E-state index contributed by atoms with van der Waals surface area (Å²) in [5.74, 6) is 6.76. The highest BCUT2D eigenvalue weighted by Gasteiger charge is 2.40. The lowest BCUT2D eigenvalue weighted by Gasteiger charge is -2.40. The van der Waals surface area contributed by atoms with Crippen LogP contribution in [0.25, 0.3) is 16.7 Å². The van der Waals surface area contributed by atoms with Crippen LogP contribution in [0.5, 0.6) is 0 Å². The third-order valence-electron chi connectivity index (χ3n) is 19.6. The van der Waals surface area contributed by atoms with Crippen LogP contribution < -0.4 is 16.0 Å². The number of likely N-dealkylation sites (tertiary alicyclic amines) is 1. The smallest absolute Gasteiger partial charge is 0.291 e. The number of anilines is 3. The highest BCUT2D eigenvalue weighted by molar-refractivity contribution is 6.05. The zero-order valence-electron chi connectivity index (χ0n) is 56.3. The molecule has 3 aliphatic carbocycles. The van der Waals surface area contributed by atoms with Crippen molar-refractivity contribution < 1.29 is 44.0 Å². The van der Waals surface area contributed by atoms with Gasteiger partial charge >= 0.3 is 0 Å². The Kier molecular flexibility index (Phi) is 21.4. The number of terminal acetylenes is 3. The summed E-state index contributed by atoms with van der Waals surface area (Å²) < 4.78 is 11.3. The number of ether oxygens (including phenoxy) is 2. The fourth-order valence-electron chi connectivity index (χ4n) is 13.7.